The van der Waals surface area contributed by atoms with Gasteiger partial charge in [-0.3, -0.25) is 9.89 Å². The smallest absolute Gasteiger partial charge is 0.357 e. The summed E-state index contributed by atoms with van der Waals surface area (Å²) in [5.74, 6) is 0.694. The average molecular weight is 562 g/mol. The van der Waals surface area contributed by atoms with Crippen LogP contribution in [-0.4, -0.2) is 81.9 Å². The van der Waals surface area contributed by atoms with Gasteiger partial charge in [-0.2, -0.15) is 13.2 Å². The summed E-state index contributed by atoms with van der Waals surface area (Å²) in [6, 6.07) is 5.27. The van der Waals surface area contributed by atoms with Crippen LogP contribution in [0.15, 0.2) is 34.2 Å². The number of guanidine groups is 1. The largest absolute Gasteiger partial charge is 0.403 e. The van der Waals surface area contributed by atoms with Crippen molar-refractivity contribution in [3.8, 4) is 0 Å². The number of sulfone groups is 1. The first kappa shape index (κ1) is 27.0. The van der Waals surface area contributed by atoms with E-state index in [1.54, 1.807) is 24.3 Å². The van der Waals surface area contributed by atoms with E-state index in [-0.39, 0.29) is 28.9 Å². The third kappa shape index (κ3) is 7.88. The fraction of sp³-hybridized carbons (Fsp3) is 0.632. The van der Waals surface area contributed by atoms with Crippen molar-refractivity contribution in [3.05, 3.63) is 29.8 Å². The number of rotatable bonds is 6. The molecule has 0 bridgehead atoms. The second kappa shape index (κ2) is 11.5. The van der Waals surface area contributed by atoms with Crippen LogP contribution >= 0.6 is 24.0 Å². The van der Waals surface area contributed by atoms with Crippen LogP contribution < -0.4 is 5.32 Å². The first-order valence-corrected chi connectivity index (χ1v) is 11.5. The highest BCUT2D eigenvalue weighted by atomic mass is 127. The highest BCUT2D eigenvalue weighted by molar-refractivity contribution is 14.0. The van der Waals surface area contributed by atoms with Crippen molar-refractivity contribution in [2.45, 2.75) is 37.4 Å². The molecule has 1 atom stereocenters. The maximum absolute atomic E-state index is 12.9. The van der Waals surface area contributed by atoms with E-state index in [0.717, 1.165) is 5.56 Å². The lowest BCUT2D eigenvalue weighted by Gasteiger charge is -2.39. The van der Waals surface area contributed by atoms with Gasteiger partial charge in [0.25, 0.3) is 0 Å². The van der Waals surface area contributed by atoms with Crippen molar-refractivity contribution < 1.29 is 21.6 Å². The molecule has 1 aliphatic heterocycles. The molecule has 1 aromatic carbocycles. The summed E-state index contributed by atoms with van der Waals surface area (Å²) in [5.41, 5.74) is 0.973. The standard InChI is InChI=1S/C19H29F3N4O2S.HI/c1-4-23-18(26-13-11-25(12-14-26)15(2)19(20,21)22)24-10-9-16-5-7-17(8-6-16)29(3,27)28;/h5-8,15H,4,9-14H2,1-3H3,(H,23,24);1H. The normalized spacial score (nSPS) is 17.4. The second-order valence-corrected chi connectivity index (χ2v) is 9.16. The molecule has 1 aliphatic rings. The number of nitrogens with zero attached hydrogens (tertiary/aromatic N) is 3. The highest BCUT2D eigenvalue weighted by Crippen LogP contribution is 2.25. The third-order valence-corrected chi connectivity index (χ3v) is 6.11. The van der Waals surface area contributed by atoms with E-state index < -0.39 is 22.1 Å². The molecule has 30 heavy (non-hydrogen) atoms. The number of hydrogen-bond donors (Lipinski definition) is 1. The van der Waals surface area contributed by atoms with Crippen LogP contribution in [0.2, 0.25) is 0 Å². The van der Waals surface area contributed by atoms with Crippen LogP contribution in [0, 0.1) is 0 Å². The van der Waals surface area contributed by atoms with Crippen molar-refractivity contribution in [2.24, 2.45) is 4.99 Å². The van der Waals surface area contributed by atoms with Gasteiger partial charge in [-0.15, -0.1) is 24.0 Å². The third-order valence-electron chi connectivity index (χ3n) is 4.98. The van der Waals surface area contributed by atoms with Crippen LogP contribution in [0.3, 0.4) is 0 Å². The molecule has 0 aromatic heterocycles. The highest BCUT2D eigenvalue weighted by Gasteiger charge is 2.41. The van der Waals surface area contributed by atoms with Crippen molar-refractivity contribution >= 4 is 39.8 Å². The van der Waals surface area contributed by atoms with E-state index in [2.05, 4.69) is 10.3 Å². The molecule has 1 N–H and O–H groups in total. The van der Waals surface area contributed by atoms with Gasteiger partial charge in [0, 0.05) is 45.5 Å². The van der Waals surface area contributed by atoms with Crippen LogP contribution in [0.1, 0.15) is 19.4 Å². The summed E-state index contributed by atoms with van der Waals surface area (Å²) in [6.07, 6.45) is -2.40. The molecule has 1 aromatic rings. The Bertz CT molecular complexity index is 793. The molecular weight excluding hydrogens is 532 g/mol. The molecule has 0 radical (unpaired) electrons. The molecule has 172 valence electrons. The minimum absolute atomic E-state index is 0. The number of piperazine rings is 1. The van der Waals surface area contributed by atoms with E-state index in [1.807, 2.05) is 11.8 Å². The van der Waals surface area contributed by atoms with Crippen LogP contribution in [0.25, 0.3) is 0 Å². The first-order valence-electron chi connectivity index (χ1n) is 9.65. The minimum atomic E-state index is -4.21. The van der Waals surface area contributed by atoms with Gasteiger partial charge in [0.2, 0.25) is 0 Å². The molecule has 1 unspecified atom stereocenters. The van der Waals surface area contributed by atoms with Crippen molar-refractivity contribution in [1.29, 1.82) is 0 Å². The van der Waals surface area contributed by atoms with Crippen LogP contribution in [-0.2, 0) is 16.3 Å². The molecule has 2 rings (SSSR count). The van der Waals surface area contributed by atoms with Gasteiger partial charge in [-0.1, -0.05) is 12.1 Å². The Morgan fingerprint density at radius 1 is 1.17 bits per heavy atom. The van der Waals surface area contributed by atoms with Gasteiger partial charge in [-0.05, 0) is 38.0 Å². The Kier molecular flexibility index (Phi) is 10.3. The molecule has 0 spiro atoms. The maximum atomic E-state index is 12.9. The summed E-state index contributed by atoms with van der Waals surface area (Å²) in [5, 5.41) is 3.20. The number of alkyl halides is 3. The Hall–Kier alpha value is -1.08. The topological polar surface area (TPSA) is 65.0 Å². The molecule has 0 aliphatic carbocycles. The number of benzene rings is 1. The Labute approximate surface area is 193 Å². The lowest BCUT2D eigenvalue weighted by molar-refractivity contribution is -0.181. The van der Waals surface area contributed by atoms with E-state index in [4.69, 9.17) is 0 Å². The predicted octanol–water partition coefficient (Wildman–Crippen LogP) is 2.78. The minimum Gasteiger partial charge on any atom is -0.357 e. The van der Waals surface area contributed by atoms with Gasteiger partial charge in [0.05, 0.1) is 4.90 Å². The molecular formula is C19H30F3IN4O2S. The zero-order valence-corrected chi connectivity index (χ0v) is 20.6. The molecule has 0 saturated carbocycles. The average Bonchev–Trinajstić information content (AvgIpc) is 2.66. The van der Waals surface area contributed by atoms with Crippen LogP contribution in [0.4, 0.5) is 13.2 Å². The molecule has 1 heterocycles. The van der Waals surface area contributed by atoms with E-state index >= 15 is 0 Å². The number of hydrogen-bond acceptors (Lipinski definition) is 4. The zero-order valence-electron chi connectivity index (χ0n) is 17.4. The molecule has 11 heteroatoms. The lowest BCUT2D eigenvalue weighted by atomic mass is 10.1. The SMILES string of the molecule is CCNC(=NCCc1ccc(S(C)(=O)=O)cc1)N1CCN(C(C)C(F)(F)F)CC1.I. The molecule has 6 nitrogen and oxygen atoms in total. The van der Waals surface area contributed by atoms with E-state index in [0.29, 0.717) is 51.6 Å². The summed E-state index contributed by atoms with van der Waals surface area (Å²) < 4.78 is 61.7. The van der Waals surface area contributed by atoms with Gasteiger partial charge in [0.1, 0.15) is 6.04 Å². The maximum Gasteiger partial charge on any atom is 0.403 e. The van der Waals surface area contributed by atoms with Crippen molar-refractivity contribution in [1.82, 2.24) is 15.1 Å². The fourth-order valence-corrected chi connectivity index (χ4v) is 3.78. The van der Waals surface area contributed by atoms with Gasteiger partial charge in [0.15, 0.2) is 15.8 Å². The monoisotopic (exact) mass is 562 g/mol. The Morgan fingerprint density at radius 3 is 2.20 bits per heavy atom. The summed E-state index contributed by atoms with van der Waals surface area (Å²) in [4.78, 5) is 8.31. The lowest BCUT2D eigenvalue weighted by Crippen LogP contribution is -2.56. The van der Waals surface area contributed by atoms with Crippen molar-refractivity contribution in [2.75, 3.05) is 45.5 Å². The number of nitrogens with one attached hydrogen (secondary N) is 1. The molecule has 1 fully saturated rings. The number of halogens is 4. The quantitative estimate of drug-likeness (QED) is 0.329. The zero-order chi connectivity index (χ0) is 21.7. The molecule has 0 amide bonds. The summed E-state index contributed by atoms with van der Waals surface area (Å²) >= 11 is 0. The summed E-state index contributed by atoms with van der Waals surface area (Å²) in [6.45, 7) is 5.94. The first-order chi connectivity index (χ1) is 13.5. The van der Waals surface area contributed by atoms with Crippen molar-refractivity contribution in [3.63, 3.8) is 0 Å². The van der Waals surface area contributed by atoms with E-state index in [9.17, 15) is 21.6 Å². The van der Waals surface area contributed by atoms with E-state index in [1.165, 1.54) is 18.1 Å². The Balaban J connectivity index is 0.00000450. The van der Waals surface area contributed by atoms with Crippen LogP contribution in [0.5, 0.6) is 0 Å². The second-order valence-electron chi connectivity index (χ2n) is 7.14. The van der Waals surface area contributed by atoms with Gasteiger partial charge in [-0.25, -0.2) is 8.42 Å². The Morgan fingerprint density at radius 2 is 1.73 bits per heavy atom. The van der Waals surface area contributed by atoms with Gasteiger partial charge < -0.3 is 10.2 Å². The summed E-state index contributed by atoms with van der Waals surface area (Å²) in [7, 11) is -3.21. The predicted molar refractivity (Wildman–Crippen MR) is 123 cm³/mol. The number of aliphatic imine (C=N–C) groups is 1. The molecule has 1 saturated heterocycles. The van der Waals surface area contributed by atoms with Gasteiger partial charge >= 0.3 is 6.18 Å². The fourth-order valence-electron chi connectivity index (χ4n) is 3.15.